The van der Waals surface area contributed by atoms with E-state index in [0.717, 1.165) is 0 Å². The molecule has 0 N–H and O–H groups in total. The second kappa shape index (κ2) is 10.0. The largest absolute Gasteiger partial charge is 0.299 e. The van der Waals surface area contributed by atoms with Crippen molar-refractivity contribution < 1.29 is 4.79 Å². The van der Waals surface area contributed by atoms with Crippen LogP contribution in [0.5, 0.6) is 0 Å². The third-order valence-electron chi connectivity index (χ3n) is 0.937. The van der Waals surface area contributed by atoms with E-state index in [2.05, 4.69) is 23.7 Å². The summed E-state index contributed by atoms with van der Waals surface area (Å²) in [6.07, 6.45) is 10.6. The van der Waals surface area contributed by atoms with Crippen LogP contribution < -0.4 is 0 Å². The lowest BCUT2D eigenvalue weighted by molar-refractivity contribution is -0.104. The van der Waals surface area contributed by atoms with Crippen molar-refractivity contribution >= 4 is 6.29 Å². The average molecular weight is 170 g/mol. The lowest BCUT2D eigenvalue weighted by atomic mass is 10.4. The molecule has 0 aliphatic heterocycles. The van der Waals surface area contributed by atoms with E-state index in [4.69, 9.17) is 0 Å². The third-order valence-corrected chi connectivity index (χ3v) is 0.937. The monoisotopic (exact) mass is 170 g/mol. The van der Waals surface area contributed by atoms with Crippen molar-refractivity contribution in [3.05, 3.63) is 36.5 Å². The van der Waals surface area contributed by atoms with E-state index in [-0.39, 0.29) is 0 Å². The third kappa shape index (κ3) is 10.0. The van der Waals surface area contributed by atoms with Crippen molar-refractivity contribution in [3.63, 3.8) is 0 Å². The molecule has 0 unspecified atom stereocenters. The number of aldehydes is 1. The van der Waals surface area contributed by atoms with Gasteiger partial charge in [0.2, 0.25) is 0 Å². The normalized spacial score (nSPS) is 9.62. The quantitative estimate of drug-likeness (QED) is 0.267. The molecule has 0 amide bonds. The summed E-state index contributed by atoms with van der Waals surface area (Å²) >= 11 is 0. The summed E-state index contributed by atoms with van der Waals surface area (Å²) in [4.78, 5) is 9.83. The lowest BCUT2D eigenvalue weighted by Crippen LogP contribution is -1.56. The highest BCUT2D eigenvalue weighted by Gasteiger charge is 1.60. The minimum Gasteiger partial charge on any atom is -0.299 e. The highest BCUT2D eigenvalue weighted by atomic mass is 16.1. The van der Waals surface area contributed by atoms with Gasteiger partial charge in [-0.2, -0.15) is 0 Å². The van der Waals surface area contributed by atoms with Gasteiger partial charge in [-0.3, -0.25) is 4.79 Å². The van der Waals surface area contributed by atoms with Gasteiger partial charge in [-0.25, -0.2) is 0 Å². The van der Waals surface area contributed by atoms with Crippen LogP contribution in [-0.4, -0.2) is 6.29 Å². The first kappa shape index (κ1) is 11.0. The molecule has 0 bridgehead atoms. The Labute approximate surface area is 78.8 Å². The fourth-order valence-corrected chi connectivity index (χ4v) is 0.452. The maximum absolute atomic E-state index is 9.83. The van der Waals surface area contributed by atoms with E-state index >= 15 is 0 Å². The zero-order valence-electron chi connectivity index (χ0n) is 7.45. The van der Waals surface area contributed by atoms with Crippen LogP contribution >= 0.6 is 0 Å². The van der Waals surface area contributed by atoms with Gasteiger partial charge in [-0.15, -0.1) is 0 Å². The second-order valence-electron chi connectivity index (χ2n) is 1.92. The Morgan fingerprint density at radius 1 is 0.923 bits per heavy atom. The number of allylic oxidation sites excluding steroid dienone is 6. The van der Waals surface area contributed by atoms with Gasteiger partial charge in [0.15, 0.2) is 0 Å². The Bertz CT molecular complexity index is 335. The molecule has 64 valence electrons. The highest BCUT2D eigenvalue weighted by molar-refractivity contribution is 5.65. The minimum absolute atomic E-state index is 0.712. The predicted molar refractivity (Wildman–Crippen MR) is 54.7 cm³/mol. The number of carbonyl (C=O) groups excluding carboxylic acids is 1. The Hall–Kier alpha value is -1.99. The molecular formula is C12H10O. The van der Waals surface area contributed by atoms with Crippen molar-refractivity contribution in [1.82, 2.24) is 0 Å². The van der Waals surface area contributed by atoms with Crippen LogP contribution in [0.15, 0.2) is 36.5 Å². The van der Waals surface area contributed by atoms with Crippen LogP contribution in [0.4, 0.5) is 0 Å². The van der Waals surface area contributed by atoms with Crippen molar-refractivity contribution in [3.8, 4) is 23.7 Å². The Balaban J connectivity index is 3.88. The minimum atomic E-state index is 0.712. The molecule has 1 heteroatoms. The molecule has 0 aromatic heterocycles. The highest BCUT2D eigenvalue weighted by Crippen LogP contribution is 1.72. The first-order chi connectivity index (χ1) is 6.41. The first-order valence-electron chi connectivity index (χ1n) is 3.81. The summed E-state index contributed by atoms with van der Waals surface area (Å²) in [6.45, 7) is 1.90. The van der Waals surface area contributed by atoms with E-state index in [0.29, 0.717) is 6.29 Å². The Morgan fingerprint density at radius 2 is 1.62 bits per heavy atom. The molecule has 0 saturated carbocycles. The van der Waals surface area contributed by atoms with Crippen LogP contribution in [0, 0.1) is 23.7 Å². The van der Waals surface area contributed by atoms with Gasteiger partial charge in [0.1, 0.15) is 6.29 Å². The molecule has 1 nitrogen and oxygen atoms in total. The summed E-state index contributed by atoms with van der Waals surface area (Å²) in [5, 5.41) is 0. The molecule has 0 atom stereocenters. The standard InChI is InChI=1S/C12H10O/c1-2-3-4-5-6-7-8-9-10-11-12-13/h2-3,8-12H,1H3. The van der Waals surface area contributed by atoms with Gasteiger partial charge < -0.3 is 0 Å². The maximum atomic E-state index is 9.83. The zero-order chi connectivity index (χ0) is 9.78. The summed E-state index contributed by atoms with van der Waals surface area (Å²) in [5.74, 6) is 10.7. The number of carbonyl (C=O) groups is 1. The fraction of sp³-hybridized carbons (Fsp3) is 0.0833. The van der Waals surface area contributed by atoms with Gasteiger partial charge in [0.05, 0.1) is 0 Å². The molecule has 13 heavy (non-hydrogen) atoms. The summed E-state index contributed by atoms with van der Waals surface area (Å²) < 4.78 is 0. The molecule has 0 aliphatic rings. The maximum Gasteiger partial charge on any atom is 0.142 e. The van der Waals surface area contributed by atoms with Crippen LogP contribution in [0.3, 0.4) is 0 Å². The van der Waals surface area contributed by atoms with Crippen LogP contribution in [0.1, 0.15) is 6.92 Å². The average Bonchev–Trinajstić information content (AvgIpc) is 2.16. The Morgan fingerprint density at radius 3 is 2.23 bits per heavy atom. The second-order valence-corrected chi connectivity index (χ2v) is 1.92. The molecule has 0 radical (unpaired) electrons. The molecule has 0 fully saturated rings. The van der Waals surface area contributed by atoms with Crippen LogP contribution in [-0.2, 0) is 4.79 Å². The van der Waals surface area contributed by atoms with Crippen molar-refractivity contribution in [2.75, 3.05) is 0 Å². The van der Waals surface area contributed by atoms with Gasteiger partial charge in [0, 0.05) is 0 Å². The number of hydrogen-bond acceptors (Lipinski definition) is 1. The van der Waals surface area contributed by atoms with Crippen molar-refractivity contribution in [2.45, 2.75) is 6.92 Å². The molecule has 0 rings (SSSR count). The van der Waals surface area contributed by atoms with Crippen LogP contribution in [0.2, 0.25) is 0 Å². The molecule has 0 aromatic rings. The summed E-state index contributed by atoms with van der Waals surface area (Å²) in [7, 11) is 0. The summed E-state index contributed by atoms with van der Waals surface area (Å²) in [6, 6.07) is 0. The topological polar surface area (TPSA) is 17.1 Å². The smallest absolute Gasteiger partial charge is 0.142 e. The molecular weight excluding hydrogens is 160 g/mol. The zero-order valence-corrected chi connectivity index (χ0v) is 7.45. The molecule has 0 aromatic carbocycles. The molecule has 0 heterocycles. The van der Waals surface area contributed by atoms with Gasteiger partial charge in [-0.1, -0.05) is 30.1 Å². The van der Waals surface area contributed by atoms with Crippen molar-refractivity contribution in [1.29, 1.82) is 0 Å². The summed E-state index contributed by atoms with van der Waals surface area (Å²) in [5.41, 5.74) is 0. The molecule has 0 spiro atoms. The van der Waals surface area contributed by atoms with E-state index in [1.165, 1.54) is 6.08 Å². The number of rotatable bonds is 2. The fourth-order valence-electron chi connectivity index (χ4n) is 0.452. The Kier molecular flexibility index (Phi) is 8.48. The number of hydrogen-bond donors (Lipinski definition) is 0. The van der Waals surface area contributed by atoms with E-state index in [9.17, 15) is 4.79 Å². The van der Waals surface area contributed by atoms with Gasteiger partial charge in [-0.05, 0) is 37.0 Å². The lowest BCUT2D eigenvalue weighted by Gasteiger charge is -1.65. The van der Waals surface area contributed by atoms with Gasteiger partial charge in [0.25, 0.3) is 0 Å². The first-order valence-corrected chi connectivity index (χ1v) is 3.81. The van der Waals surface area contributed by atoms with E-state index in [1.54, 1.807) is 24.3 Å². The molecule has 0 aliphatic carbocycles. The predicted octanol–water partition coefficient (Wildman–Crippen LogP) is 1.88. The SMILES string of the molecule is CC=CC#CC#CC=CC=CC=O. The van der Waals surface area contributed by atoms with E-state index in [1.807, 2.05) is 13.0 Å². The molecule has 0 saturated heterocycles. The van der Waals surface area contributed by atoms with Gasteiger partial charge >= 0.3 is 0 Å². The van der Waals surface area contributed by atoms with Crippen molar-refractivity contribution in [2.24, 2.45) is 0 Å². The van der Waals surface area contributed by atoms with Crippen LogP contribution in [0.25, 0.3) is 0 Å². The van der Waals surface area contributed by atoms with E-state index < -0.39 is 0 Å².